The lowest BCUT2D eigenvalue weighted by atomic mass is 10.2. The Morgan fingerprint density at radius 3 is 1.50 bits per heavy atom. The summed E-state index contributed by atoms with van der Waals surface area (Å²) in [7, 11) is 0. The van der Waals surface area contributed by atoms with E-state index < -0.39 is 24.0 Å². The van der Waals surface area contributed by atoms with Crippen LogP contribution in [0, 0.1) is 22.7 Å². The minimum atomic E-state index is -1.05. The minimum Gasteiger partial charge on any atom is -0.481 e. The topological polar surface area (TPSA) is 147 Å². The molecule has 8 nitrogen and oxygen atoms in total. The van der Waals surface area contributed by atoms with Gasteiger partial charge in [0.25, 0.3) is 0 Å². The van der Waals surface area contributed by atoms with Crippen molar-refractivity contribution in [3.63, 3.8) is 0 Å². The summed E-state index contributed by atoms with van der Waals surface area (Å²) in [5.41, 5.74) is 0. The molecule has 2 unspecified atom stereocenters. The van der Waals surface area contributed by atoms with Crippen molar-refractivity contribution in [2.75, 3.05) is 0 Å². The van der Waals surface area contributed by atoms with Crippen molar-refractivity contribution in [1.29, 1.82) is 10.5 Å². The van der Waals surface area contributed by atoms with E-state index in [4.69, 9.17) is 20.7 Å². The Kier molecular flexibility index (Phi) is 7.46. The van der Waals surface area contributed by atoms with Gasteiger partial charge in [0.05, 0.1) is 12.1 Å². The lowest BCUT2D eigenvalue weighted by molar-refractivity contribution is -0.138. The van der Waals surface area contributed by atoms with E-state index >= 15 is 0 Å². The first-order valence-electron chi connectivity index (χ1n) is 5.12. The average molecular weight is 252 g/mol. The summed E-state index contributed by atoms with van der Waals surface area (Å²) in [6.45, 7) is 0. The summed E-state index contributed by atoms with van der Waals surface area (Å²) in [4.78, 5) is 20.6. The van der Waals surface area contributed by atoms with Gasteiger partial charge in [-0.2, -0.15) is 20.8 Å². The molecule has 0 radical (unpaired) electrons. The molecule has 0 rings (SSSR count). The molecule has 0 aliphatic carbocycles. The Morgan fingerprint density at radius 1 is 0.944 bits per heavy atom. The third-order valence-electron chi connectivity index (χ3n) is 1.91. The van der Waals surface area contributed by atoms with Crippen molar-refractivity contribution in [1.82, 2.24) is 0 Å². The molecular weight excluding hydrogens is 240 g/mol. The zero-order valence-electron chi connectivity index (χ0n) is 9.48. The van der Waals surface area contributed by atoms with E-state index in [0.29, 0.717) is 0 Å². The van der Waals surface area contributed by atoms with Gasteiger partial charge in [0, 0.05) is 12.8 Å². The van der Waals surface area contributed by atoms with E-state index in [-0.39, 0.29) is 25.7 Å². The third-order valence-corrected chi connectivity index (χ3v) is 1.91. The monoisotopic (exact) mass is 252 g/mol. The Balaban J connectivity index is 4.29. The molecule has 8 heteroatoms. The lowest BCUT2D eigenvalue weighted by Gasteiger charge is -2.02. The molecule has 0 spiro atoms. The maximum atomic E-state index is 10.3. The second-order valence-corrected chi connectivity index (χ2v) is 3.39. The SMILES string of the molecule is N#CC(CCC(=O)O)N=NC(C#N)CCC(=O)O. The highest BCUT2D eigenvalue weighted by Gasteiger charge is 2.11. The van der Waals surface area contributed by atoms with Crippen molar-refractivity contribution in [2.45, 2.75) is 37.8 Å². The Bertz CT molecular complexity index is 369. The summed E-state index contributed by atoms with van der Waals surface area (Å²) in [6.07, 6.45) is -0.425. The molecule has 0 aliphatic rings. The predicted octanol–water partition coefficient (Wildman–Crippen LogP) is 0.953. The zero-order valence-corrected chi connectivity index (χ0v) is 9.48. The van der Waals surface area contributed by atoms with E-state index in [2.05, 4.69) is 10.2 Å². The van der Waals surface area contributed by atoms with Gasteiger partial charge in [-0.25, -0.2) is 0 Å². The zero-order chi connectivity index (χ0) is 14.0. The van der Waals surface area contributed by atoms with Gasteiger partial charge in [-0.1, -0.05) is 0 Å². The van der Waals surface area contributed by atoms with Crippen molar-refractivity contribution in [3.05, 3.63) is 0 Å². The molecule has 0 saturated heterocycles. The van der Waals surface area contributed by atoms with E-state index in [1.165, 1.54) is 0 Å². The molecule has 0 amide bonds. The molecule has 18 heavy (non-hydrogen) atoms. The maximum Gasteiger partial charge on any atom is 0.303 e. The Morgan fingerprint density at radius 2 is 1.28 bits per heavy atom. The quantitative estimate of drug-likeness (QED) is 0.614. The predicted molar refractivity (Wildman–Crippen MR) is 57.4 cm³/mol. The van der Waals surface area contributed by atoms with Crippen LogP contribution in [0.3, 0.4) is 0 Å². The van der Waals surface area contributed by atoms with Crippen molar-refractivity contribution in [3.8, 4) is 12.1 Å². The summed E-state index contributed by atoms with van der Waals surface area (Å²) in [5.74, 6) is -2.10. The molecule has 0 aromatic heterocycles. The lowest BCUT2D eigenvalue weighted by Crippen LogP contribution is -2.08. The van der Waals surface area contributed by atoms with Crippen LogP contribution in [-0.4, -0.2) is 34.2 Å². The fourth-order valence-electron chi connectivity index (χ4n) is 0.978. The number of nitrogens with zero attached hydrogens (tertiary/aromatic N) is 4. The summed E-state index contributed by atoms with van der Waals surface area (Å²) < 4.78 is 0. The molecular formula is C10H12N4O4. The molecule has 0 aromatic carbocycles. The number of hydrogen-bond donors (Lipinski definition) is 2. The summed E-state index contributed by atoms with van der Waals surface area (Å²) in [5, 5.41) is 41.3. The van der Waals surface area contributed by atoms with E-state index in [9.17, 15) is 9.59 Å². The van der Waals surface area contributed by atoms with Gasteiger partial charge in [0.2, 0.25) is 0 Å². The molecule has 2 N–H and O–H groups in total. The van der Waals surface area contributed by atoms with Crippen molar-refractivity contribution < 1.29 is 19.8 Å². The first-order chi connectivity index (χ1) is 8.49. The molecule has 0 bridgehead atoms. The number of carboxylic acids is 2. The molecule has 0 aliphatic heterocycles. The number of carboxylic acid groups (broad SMARTS) is 2. The van der Waals surface area contributed by atoms with Gasteiger partial charge >= 0.3 is 11.9 Å². The molecule has 0 aromatic rings. The average Bonchev–Trinajstić information content (AvgIpc) is 2.32. The van der Waals surface area contributed by atoms with Crippen LogP contribution in [-0.2, 0) is 9.59 Å². The van der Waals surface area contributed by atoms with Crippen LogP contribution in [0.4, 0.5) is 0 Å². The van der Waals surface area contributed by atoms with Crippen LogP contribution in [0.15, 0.2) is 10.2 Å². The van der Waals surface area contributed by atoms with Crippen LogP contribution in [0.1, 0.15) is 25.7 Å². The minimum absolute atomic E-state index is 0.00636. The highest BCUT2D eigenvalue weighted by molar-refractivity contribution is 5.67. The molecule has 0 heterocycles. The highest BCUT2D eigenvalue weighted by atomic mass is 16.4. The molecule has 0 fully saturated rings. The fourth-order valence-corrected chi connectivity index (χ4v) is 0.978. The second-order valence-electron chi connectivity index (χ2n) is 3.39. The van der Waals surface area contributed by atoms with Gasteiger partial charge in [0.15, 0.2) is 12.1 Å². The standard InChI is InChI=1S/C10H12N4O4/c11-5-7(1-3-9(15)16)13-14-8(6-12)2-4-10(17)18/h7-8H,1-4H2,(H,15,16)(H,17,18). The van der Waals surface area contributed by atoms with Crippen molar-refractivity contribution in [2.24, 2.45) is 10.2 Å². The van der Waals surface area contributed by atoms with Crippen LogP contribution in [0.25, 0.3) is 0 Å². The van der Waals surface area contributed by atoms with Crippen LogP contribution in [0.5, 0.6) is 0 Å². The van der Waals surface area contributed by atoms with Gasteiger partial charge in [-0.15, -0.1) is 0 Å². The number of carbonyl (C=O) groups is 2. The fraction of sp³-hybridized carbons (Fsp3) is 0.600. The number of nitriles is 2. The first-order valence-corrected chi connectivity index (χ1v) is 5.12. The smallest absolute Gasteiger partial charge is 0.303 e. The summed E-state index contributed by atoms with van der Waals surface area (Å²) >= 11 is 0. The largest absolute Gasteiger partial charge is 0.481 e. The molecule has 2 atom stereocenters. The molecule has 0 saturated carbocycles. The van der Waals surface area contributed by atoms with E-state index in [1.807, 2.05) is 0 Å². The van der Waals surface area contributed by atoms with Crippen LogP contribution >= 0.6 is 0 Å². The second kappa shape index (κ2) is 8.65. The number of hydrogen-bond acceptors (Lipinski definition) is 6. The van der Waals surface area contributed by atoms with E-state index in [0.717, 1.165) is 0 Å². The molecule has 96 valence electrons. The van der Waals surface area contributed by atoms with E-state index in [1.54, 1.807) is 12.1 Å². The van der Waals surface area contributed by atoms with Gasteiger partial charge in [-0.3, -0.25) is 9.59 Å². The van der Waals surface area contributed by atoms with Gasteiger partial charge in [-0.05, 0) is 12.8 Å². The van der Waals surface area contributed by atoms with Crippen LogP contribution in [0.2, 0.25) is 0 Å². The maximum absolute atomic E-state index is 10.3. The van der Waals surface area contributed by atoms with Crippen LogP contribution < -0.4 is 0 Å². The number of azo groups is 1. The van der Waals surface area contributed by atoms with Gasteiger partial charge in [0.1, 0.15) is 0 Å². The Labute approximate surface area is 103 Å². The highest BCUT2D eigenvalue weighted by Crippen LogP contribution is 2.06. The van der Waals surface area contributed by atoms with Gasteiger partial charge < -0.3 is 10.2 Å². The Hall–Kier alpha value is -2.48. The number of aliphatic carboxylic acids is 2. The third kappa shape index (κ3) is 7.77. The van der Waals surface area contributed by atoms with Crippen molar-refractivity contribution >= 4 is 11.9 Å². The first kappa shape index (κ1) is 15.5. The normalized spacial score (nSPS) is 13.4. The number of rotatable bonds is 8. The summed E-state index contributed by atoms with van der Waals surface area (Å²) in [6, 6.07) is 1.65.